The highest BCUT2D eigenvalue weighted by atomic mass is 16.5. The quantitative estimate of drug-likeness (QED) is 0.615. The van der Waals surface area contributed by atoms with Crippen LogP contribution in [0, 0.1) is 12.8 Å². The first-order valence-electron chi connectivity index (χ1n) is 10.6. The van der Waals surface area contributed by atoms with Gasteiger partial charge in [0.15, 0.2) is 0 Å². The molecule has 160 valence electrons. The number of aromatic nitrogens is 4. The van der Waals surface area contributed by atoms with Crippen molar-refractivity contribution in [3.8, 4) is 17.0 Å². The van der Waals surface area contributed by atoms with Crippen molar-refractivity contribution < 1.29 is 9.47 Å². The molecule has 0 aliphatic carbocycles. The molecule has 3 aromatic rings. The number of nitrogens with one attached hydrogen (secondary N) is 1. The first-order valence-corrected chi connectivity index (χ1v) is 10.6. The van der Waals surface area contributed by atoms with Crippen LogP contribution in [0.4, 0.5) is 0 Å². The second-order valence-electron chi connectivity index (χ2n) is 8.10. The molecular formula is C23H31N5O2. The lowest BCUT2D eigenvalue weighted by molar-refractivity contribution is 0.147. The Bertz CT molecular complexity index is 947. The number of hydrogen-bond donors (Lipinski definition) is 1. The third-order valence-electron chi connectivity index (χ3n) is 5.95. The number of methoxy groups -OCH3 is 2. The van der Waals surface area contributed by atoms with Crippen LogP contribution in [0.1, 0.15) is 29.9 Å². The summed E-state index contributed by atoms with van der Waals surface area (Å²) in [5.41, 5.74) is 4.67. The number of aromatic amines is 1. The molecular weight excluding hydrogens is 378 g/mol. The minimum Gasteiger partial charge on any atom is -0.497 e. The number of likely N-dealkylation sites (tertiary alicyclic amines) is 1. The number of rotatable bonds is 8. The zero-order valence-electron chi connectivity index (χ0n) is 18.1. The summed E-state index contributed by atoms with van der Waals surface area (Å²) in [5, 5.41) is 7.50. The van der Waals surface area contributed by atoms with E-state index in [1.807, 2.05) is 24.5 Å². The minimum atomic E-state index is 0.560. The second kappa shape index (κ2) is 9.45. The van der Waals surface area contributed by atoms with Crippen LogP contribution in [0.15, 0.2) is 36.7 Å². The van der Waals surface area contributed by atoms with Crippen molar-refractivity contribution in [2.75, 3.05) is 27.3 Å². The van der Waals surface area contributed by atoms with E-state index in [1.54, 1.807) is 14.2 Å². The molecule has 1 unspecified atom stereocenters. The van der Waals surface area contributed by atoms with Gasteiger partial charge in [0.25, 0.3) is 0 Å². The Morgan fingerprint density at radius 3 is 2.77 bits per heavy atom. The number of nitrogens with zero attached hydrogens (tertiary/aromatic N) is 4. The van der Waals surface area contributed by atoms with E-state index in [9.17, 15) is 0 Å². The molecule has 0 saturated carbocycles. The number of imidazole rings is 1. The van der Waals surface area contributed by atoms with E-state index in [0.717, 1.165) is 49.0 Å². The Hall–Kier alpha value is -2.64. The first-order chi connectivity index (χ1) is 14.7. The molecule has 4 rings (SSSR count). The number of H-pyrrole nitrogens is 1. The molecule has 7 heteroatoms. The van der Waals surface area contributed by atoms with Crippen molar-refractivity contribution in [1.82, 2.24) is 24.6 Å². The Morgan fingerprint density at radius 1 is 1.17 bits per heavy atom. The molecule has 1 saturated heterocycles. The maximum atomic E-state index is 5.32. The largest absolute Gasteiger partial charge is 0.497 e. The molecule has 30 heavy (non-hydrogen) atoms. The van der Waals surface area contributed by atoms with Gasteiger partial charge >= 0.3 is 0 Å². The number of ether oxygens (including phenoxy) is 2. The van der Waals surface area contributed by atoms with E-state index in [-0.39, 0.29) is 0 Å². The number of benzene rings is 1. The summed E-state index contributed by atoms with van der Waals surface area (Å²) in [4.78, 5) is 7.06. The maximum absolute atomic E-state index is 5.32. The predicted molar refractivity (Wildman–Crippen MR) is 116 cm³/mol. The Kier molecular flexibility index (Phi) is 6.50. The third kappa shape index (κ3) is 4.57. The monoisotopic (exact) mass is 409 g/mol. The summed E-state index contributed by atoms with van der Waals surface area (Å²) in [5.74, 6) is 2.49. The Labute approximate surface area is 178 Å². The number of piperidine rings is 1. The lowest BCUT2D eigenvalue weighted by Gasteiger charge is -2.33. The van der Waals surface area contributed by atoms with Gasteiger partial charge < -0.3 is 14.0 Å². The predicted octanol–water partition coefficient (Wildman–Crippen LogP) is 3.65. The van der Waals surface area contributed by atoms with E-state index in [4.69, 9.17) is 9.47 Å². The van der Waals surface area contributed by atoms with Gasteiger partial charge in [-0.1, -0.05) is 0 Å². The maximum Gasteiger partial charge on any atom is 0.134 e. The fourth-order valence-electron chi connectivity index (χ4n) is 4.39. The summed E-state index contributed by atoms with van der Waals surface area (Å²) >= 11 is 0. The van der Waals surface area contributed by atoms with Crippen molar-refractivity contribution in [1.29, 1.82) is 0 Å². The SMILES string of the molecule is COCc1ncc(C)n1CC1CCCN(Cc2cn[nH]c2-c2ccc(OC)cc2)C1. The lowest BCUT2D eigenvalue weighted by atomic mass is 9.97. The van der Waals surface area contributed by atoms with Crippen LogP contribution in [-0.4, -0.2) is 52.0 Å². The normalized spacial score (nSPS) is 17.4. The van der Waals surface area contributed by atoms with E-state index < -0.39 is 0 Å². The molecule has 1 N–H and O–H groups in total. The van der Waals surface area contributed by atoms with Crippen LogP contribution >= 0.6 is 0 Å². The number of aryl methyl sites for hydroxylation is 1. The van der Waals surface area contributed by atoms with Crippen LogP contribution in [0.25, 0.3) is 11.3 Å². The zero-order chi connectivity index (χ0) is 20.9. The average molecular weight is 410 g/mol. The van der Waals surface area contributed by atoms with E-state index in [1.165, 1.54) is 24.1 Å². The van der Waals surface area contributed by atoms with Gasteiger partial charge in [-0.3, -0.25) is 10.00 Å². The van der Waals surface area contributed by atoms with Gasteiger partial charge in [0, 0.05) is 49.8 Å². The van der Waals surface area contributed by atoms with Gasteiger partial charge in [-0.2, -0.15) is 5.10 Å². The molecule has 1 aliphatic rings. The molecule has 7 nitrogen and oxygen atoms in total. The molecule has 0 amide bonds. The van der Waals surface area contributed by atoms with Crippen molar-refractivity contribution in [2.45, 2.75) is 39.5 Å². The standard InChI is InChI=1S/C23H31N5O2/c1-17-11-24-22(16-29-2)28(17)14-18-5-4-10-27(13-18)15-20-12-25-26-23(20)19-6-8-21(30-3)9-7-19/h6-9,11-12,18H,4-5,10,13-16H2,1-3H3,(H,25,26). The van der Waals surface area contributed by atoms with Crippen LogP contribution < -0.4 is 4.74 Å². The molecule has 0 bridgehead atoms. The summed E-state index contributed by atoms with van der Waals surface area (Å²) in [6.07, 6.45) is 6.37. The van der Waals surface area contributed by atoms with Gasteiger partial charge in [-0.15, -0.1) is 0 Å². The summed E-state index contributed by atoms with van der Waals surface area (Å²) in [6.45, 7) is 6.79. The fourth-order valence-corrected chi connectivity index (χ4v) is 4.39. The second-order valence-corrected chi connectivity index (χ2v) is 8.10. The van der Waals surface area contributed by atoms with Gasteiger partial charge in [0.2, 0.25) is 0 Å². The molecule has 1 aliphatic heterocycles. The van der Waals surface area contributed by atoms with Gasteiger partial charge in [-0.05, 0) is 56.5 Å². The topological polar surface area (TPSA) is 68.2 Å². The Morgan fingerprint density at radius 2 is 2.00 bits per heavy atom. The van der Waals surface area contributed by atoms with Gasteiger partial charge in [-0.25, -0.2) is 4.98 Å². The first kappa shape index (κ1) is 20.6. The van der Waals surface area contributed by atoms with Crippen molar-refractivity contribution >= 4 is 0 Å². The summed E-state index contributed by atoms with van der Waals surface area (Å²) in [7, 11) is 3.41. The van der Waals surface area contributed by atoms with Crippen molar-refractivity contribution in [3.05, 3.63) is 53.7 Å². The molecule has 1 fully saturated rings. The molecule has 1 atom stereocenters. The highest BCUT2D eigenvalue weighted by Crippen LogP contribution is 2.27. The fraction of sp³-hybridized carbons (Fsp3) is 0.478. The number of hydrogen-bond acceptors (Lipinski definition) is 5. The molecule has 0 radical (unpaired) electrons. The average Bonchev–Trinajstić information content (AvgIpc) is 3.36. The zero-order valence-corrected chi connectivity index (χ0v) is 18.1. The van der Waals surface area contributed by atoms with Crippen LogP contribution in [-0.2, 0) is 24.4 Å². The molecule has 1 aromatic carbocycles. The minimum absolute atomic E-state index is 0.560. The van der Waals surface area contributed by atoms with Crippen LogP contribution in [0.3, 0.4) is 0 Å². The summed E-state index contributed by atoms with van der Waals surface area (Å²) < 4.78 is 12.9. The van der Waals surface area contributed by atoms with Crippen LogP contribution in [0.2, 0.25) is 0 Å². The van der Waals surface area contributed by atoms with Gasteiger partial charge in [0.05, 0.1) is 19.0 Å². The Balaban J connectivity index is 1.43. The van der Waals surface area contributed by atoms with Crippen molar-refractivity contribution in [2.24, 2.45) is 5.92 Å². The van der Waals surface area contributed by atoms with E-state index in [0.29, 0.717) is 12.5 Å². The lowest BCUT2D eigenvalue weighted by Crippen LogP contribution is -2.37. The van der Waals surface area contributed by atoms with Crippen molar-refractivity contribution in [3.63, 3.8) is 0 Å². The van der Waals surface area contributed by atoms with E-state index >= 15 is 0 Å². The molecule has 2 aromatic heterocycles. The highest BCUT2D eigenvalue weighted by molar-refractivity contribution is 5.63. The van der Waals surface area contributed by atoms with Gasteiger partial charge in [0.1, 0.15) is 18.2 Å². The van der Waals surface area contributed by atoms with Crippen LogP contribution in [0.5, 0.6) is 5.75 Å². The third-order valence-corrected chi connectivity index (χ3v) is 5.95. The molecule has 3 heterocycles. The van der Waals surface area contributed by atoms with E-state index in [2.05, 4.69) is 43.7 Å². The summed E-state index contributed by atoms with van der Waals surface area (Å²) in [6, 6.07) is 8.13. The highest BCUT2D eigenvalue weighted by Gasteiger charge is 2.23. The molecule has 0 spiro atoms. The smallest absolute Gasteiger partial charge is 0.134 e.